The third kappa shape index (κ3) is 4.02. The van der Waals surface area contributed by atoms with Gasteiger partial charge in [-0.2, -0.15) is 0 Å². The normalized spacial score (nSPS) is 19.4. The van der Waals surface area contributed by atoms with Gasteiger partial charge in [0, 0.05) is 23.6 Å². The fraction of sp³-hybridized carbons (Fsp3) is 0.538. The maximum Gasteiger partial charge on any atom is 0.573 e. The first-order chi connectivity index (χ1) is 9.39. The summed E-state index contributed by atoms with van der Waals surface area (Å²) in [6.45, 7) is 4.27. The van der Waals surface area contributed by atoms with Gasteiger partial charge in [0.2, 0.25) is 0 Å². The van der Waals surface area contributed by atoms with E-state index in [0.29, 0.717) is 29.3 Å². The molecule has 1 aromatic rings. The van der Waals surface area contributed by atoms with Crippen LogP contribution in [-0.4, -0.2) is 32.0 Å². The lowest BCUT2D eigenvalue weighted by Crippen LogP contribution is -2.32. The van der Waals surface area contributed by atoms with E-state index in [9.17, 15) is 13.2 Å². The summed E-state index contributed by atoms with van der Waals surface area (Å²) >= 11 is 3.17. The smallest absolute Gasteiger partial charge is 0.404 e. The fourth-order valence-corrected chi connectivity index (χ4v) is 2.73. The number of halogens is 4. The molecule has 1 aliphatic heterocycles. The zero-order valence-electron chi connectivity index (χ0n) is 11.0. The van der Waals surface area contributed by atoms with Crippen LogP contribution in [0.1, 0.15) is 13.3 Å². The predicted octanol–water partition coefficient (Wildman–Crippen LogP) is 3.54. The summed E-state index contributed by atoms with van der Waals surface area (Å²) in [6, 6.07) is 5.03. The molecular formula is C13H16BrF3N2O. The molecule has 0 aliphatic carbocycles. The van der Waals surface area contributed by atoms with Crippen LogP contribution in [-0.2, 0) is 0 Å². The summed E-state index contributed by atoms with van der Waals surface area (Å²) in [5.74, 6) is -0.163. The number of hydrogen-bond donors (Lipinski definition) is 1. The Hall–Kier alpha value is -0.950. The third-order valence-corrected chi connectivity index (χ3v) is 3.66. The number of anilines is 1. The molecule has 7 heteroatoms. The van der Waals surface area contributed by atoms with Crippen molar-refractivity contribution < 1.29 is 17.9 Å². The second-order valence-electron chi connectivity index (χ2n) is 4.65. The van der Waals surface area contributed by atoms with Crippen LogP contribution < -0.4 is 15.0 Å². The predicted molar refractivity (Wildman–Crippen MR) is 75.1 cm³/mol. The summed E-state index contributed by atoms with van der Waals surface area (Å²) in [4.78, 5) is 1.92. The minimum absolute atomic E-state index is 0.163. The second-order valence-corrected chi connectivity index (χ2v) is 5.56. The number of nitrogens with zero attached hydrogens (tertiary/aromatic N) is 1. The van der Waals surface area contributed by atoms with Crippen LogP contribution in [0, 0.1) is 0 Å². The van der Waals surface area contributed by atoms with E-state index in [2.05, 4.69) is 26.0 Å². The van der Waals surface area contributed by atoms with Crippen LogP contribution >= 0.6 is 15.9 Å². The number of nitrogens with one attached hydrogen (secondary N) is 1. The van der Waals surface area contributed by atoms with E-state index in [1.165, 1.54) is 6.07 Å². The minimum atomic E-state index is -4.68. The maximum absolute atomic E-state index is 12.5. The Labute approximate surface area is 124 Å². The number of rotatable bonds is 4. The summed E-state index contributed by atoms with van der Waals surface area (Å²) in [6.07, 6.45) is -3.77. The van der Waals surface area contributed by atoms with Gasteiger partial charge in [-0.15, -0.1) is 13.2 Å². The molecule has 0 saturated carbocycles. The van der Waals surface area contributed by atoms with Crippen molar-refractivity contribution in [3.63, 3.8) is 0 Å². The van der Waals surface area contributed by atoms with Crippen LogP contribution in [0.15, 0.2) is 22.7 Å². The third-order valence-electron chi connectivity index (χ3n) is 3.17. The topological polar surface area (TPSA) is 24.5 Å². The van der Waals surface area contributed by atoms with Crippen LogP contribution in [0.4, 0.5) is 18.9 Å². The highest BCUT2D eigenvalue weighted by atomic mass is 79.9. The summed E-state index contributed by atoms with van der Waals surface area (Å²) in [7, 11) is 0. The van der Waals surface area contributed by atoms with E-state index in [1.807, 2.05) is 11.8 Å². The number of benzene rings is 1. The average Bonchev–Trinajstić information content (AvgIpc) is 2.76. The molecule has 112 valence electrons. The molecule has 1 aliphatic rings. The molecule has 1 aromatic carbocycles. The lowest BCUT2D eigenvalue weighted by Gasteiger charge is -2.23. The standard InChI is InChI=1S/C13H16BrF3N2O/c1-2-18-10-5-6-19(8-10)11-4-3-9(14)7-12(11)20-13(15,16)17/h3-4,7,10,18H,2,5-6,8H2,1H3. The summed E-state index contributed by atoms with van der Waals surface area (Å²) in [5, 5.41) is 3.31. The Kier molecular flexibility index (Phi) is 4.80. The van der Waals surface area contributed by atoms with E-state index in [1.54, 1.807) is 12.1 Å². The Balaban J connectivity index is 2.19. The maximum atomic E-state index is 12.5. The highest BCUT2D eigenvalue weighted by Gasteiger charge is 2.33. The van der Waals surface area contributed by atoms with Gasteiger partial charge < -0.3 is 15.0 Å². The van der Waals surface area contributed by atoms with Gasteiger partial charge in [-0.05, 0) is 31.2 Å². The van der Waals surface area contributed by atoms with Gasteiger partial charge in [0.05, 0.1) is 5.69 Å². The van der Waals surface area contributed by atoms with Crippen molar-refractivity contribution in [2.45, 2.75) is 25.7 Å². The van der Waals surface area contributed by atoms with Gasteiger partial charge >= 0.3 is 6.36 Å². The highest BCUT2D eigenvalue weighted by molar-refractivity contribution is 9.10. The van der Waals surface area contributed by atoms with E-state index >= 15 is 0 Å². The molecule has 1 unspecified atom stereocenters. The number of alkyl halides is 3. The van der Waals surface area contributed by atoms with Crippen LogP contribution in [0.5, 0.6) is 5.75 Å². The lowest BCUT2D eigenvalue weighted by atomic mass is 10.2. The molecule has 1 saturated heterocycles. The van der Waals surface area contributed by atoms with Crippen LogP contribution in [0.2, 0.25) is 0 Å². The Bertz CT molecular complexity index is 467. The minimum Gasteiger partial charge on any atom is -0.404 e. The Morgan fingerprint density at radius 2 is 2.20 bits per heavy atom. The molecule has 1 heterocycles. The molecule has 3 nitrogen and oxygen atoms in total. The van der Waals surface area contributed by atoms with Crippen molar-refractivity contribution >= 4 is 21.6 Å². The fourth-order valence-electron chi connectivity index (χ4n) is 2.39. The first-order valence-electron chi connectivity index (χ1n) is 6.42. The number of likely N-dealkylation sites (N-methyl/N-ethyl adjacent to an activating group) is 1. The SMILES string of the molecule is CCNC1CCN(c2ccc(Br)cc2OC(F)(F)F)C1. The zero-order chi connectivity index (χ0) is 14.8. The van der Waals surface area contributed by atoms with Gasteiger partial charge in [0.25, 0.3) is 0 Å². The van der Waals surface area contributed by atoms with Gasteiger partial charge in [0.1, 0.15) is 0 Å². The molecule has 0 spiro atoms. The van der Waals surface area contributed by atoms with Crippen molar-refractivity contribution in [2.24, 2.45) is 0 Å². The van der Waals surface area contributed by atoms with E-state index in [0.717, 1.165) is 13.0 Å². The molecule has 0 aromatic heterocycles. The highest BCUT2D eigenvalue weighted by Crippen LogP contribution is 2.36. The first kappa shape index (κ1) is 15.4. The Morgan fingerprint density at radius 3 is 2.85 bits per heavy atom. The van der Waals surface area contributed by atoms with Crippen LogP contribution in [0.25, 0.3) is 0 Å². The van der Waals surface area contributed by atoms with Crippen LogP contribution in [0.3, 0.4) is 0 Å². The summed E-state index contributed by atoms with van der Waals surface area (Å²) in [5.41, 5.74) is 0.478. The monoisotopic (exact) mass is 352 g/mol. The van der Waals surface area contributed by atoms with Gasteiger partial charge in [0.15, 0.2) is 5.75 Å². The average molecular weight is 353 g/mol. The number of hydrogen-bond acceptors (Lipinski definition) is 3. The molecule has 20 heavy (non-hydrogen) atoms. The molecule has 1 N–H and O–H groups in total. The quantitative estimate of drug-likeness (QED) is 0.896. The molecule has 2 rings (SSSR count). The summed E-state index contributed by atoms with van der Waals surface area (Å²) < 4.78 is 42.1. The molecule has 0 radical (unpaired) electrons. The van der Waals surface area contributed by atoms with Gasteiger partial charge in [-0.1, -0.05) is 22.9 Å². The first-order valence-corrected chi connectivity index (χ1v) is 7.22. The van der Waals surface area contributed by atoms with Gasteiger partial charge in [-0.3, -0.25) is 0 Å². The Morgan fingerprint density at radius 1 is 1.45 bits per heavy atom. The molecule has 1 fully saturated rings. The molecule has 0 amide bonds. The van der Waals surface area contributed by atoms with E-state index in [4.69, 9.17) is 0 Å². The molecular weight excluding hydrogens is 337 g/mol. The van der Waals surface area contributed by atoms with Crippen molar-refractivity contribution in [3.05, 3.63) is 22.7 Å². The van der Waals surface area contributed by atoms with Crippen molar-refractivity contribution in [3.8, 4) is 5.75 Å². The molecule has 0 bridgehead atoms. The van der Waals surface area contributed by atoms with E-state index < -0.39 is 6.36 Å². The zero-order valence-corrected chi connectivity index (χ0v) is 12.6. The van der Waals surface area contributed by atoms with Crippen molar-refractivity contribution in [1.82, 2.24) is 5.32 Å². The van der Waals surface area contributed by atoms with Crippen molar-refractivity contribution in [2.75, 3.05) is 24.5 Å². The largest absolute Gasteiger partial charge is 0.573 e. The number of ether oxygens (including phenoxy) is 1. The van der Waals surface area contributed by atoms with Crippen molar-refractivity contribution in [1.29, 1.82) is 0 Å². The van der Waals surface area contributed by atoms with E-state index in [-0.39, 0.29) is 5.75 Å². The van der Waals surface area contributed by atoms with Gasteiger partial charge in [-0.25, -0.2) is 0 Å². The molecule has 1 atom stereocenters. The lowest BCUT2D eigenvalue weighted by molar-refractivity contribution is -0.274. The second kappa shape index (κ2) is 6.22.